The van der Waals surface area contributed by atoms with Crippen molar-refractivity contribution in [1.29, 1.82) is 0 Å². The molecule has 3 rings (SSSR count). The Labute approximate surface area is 151 Å². The third-order valence-electron chi connectivity index (χ3n) is 4.59. The SMILES string of the molecule is C[C@H](N)CN(C)Cc1cccc2c1C(=O)N(C1CCC(=O)NC1=O)C2=O. The topological polar surface area (TPSA) is 113 Å². The van der Waals surface area contributed by atoms with Gasteiger partial charge >= 0.3 is 0 Å². The van der Waals surface area contributed by atoms with Crippen molar-refractivity contribution in [3.63, 3.8) is 0 Å². The van der Waals surface area contributed by atoms with Gasteiger partial charge in [0.25, 0.3) is 11.8 Å². The summed E-state index contributed by atoms with van der Waals surface area (Å²) in [6.07, 6.45) is 0.254. The highest BCUT2D eigenvalue weighted by Crippen LogP contribution is 2.30. The normalized spacial score (nSPS) is 21.2. The second-order valence-corrected chi connectivity index (χ2v) is 6.96. The van der Waals surface area contributed by atoms with Gasteiger partial charge < -0.3 is 10.6 Å². The first kappa shape index (κ1) is 18.2. The molecule has 2 atom stereocenters. The fraction of sp³-hybridized carbons (Fsp3) is 0.444. The largest absolute Gasteiger partial charge is 0.327 e. The van der Waals surface area contributed by atoms with Gasteiger partial charge in [0.2, 0.25) is 11.8 Å². The number of rotatable bonds is 5. The summed E-state index contributed by atoms with van der Waals surface area (Å²) < 4.78 is 0. The number of amides is 4. The molecule has 8 heteroatoms. The minimum atomic E-state index is -0.949. The molecule has 0 saturated carbocycles. The minimum Gasteiger partial charge on any atom is -0.327 e. The van der Waals surface area contributed by atoms with Crippen LogP contribution in [0.4, 0.5) is 0 Å². The van der Waals surface area contributed by atoms with Crippen LogP contribution in [-0.4, -0.2) is 59.1 Å². The number of nitrogens with zero attached hydrogens (tertiary/aromatic N) is 2. The van der Waals surface area contributed by atoms with Crippen molar-refractivity contribution < 1.29 is 19.2 Å². The van der Waals surface area contributed by atoms with Crippen LogP contribution in [0, 0.1) is 0 Å². The second-order valence-electron chi connectivity index (χ2n) is 6.96. The molecule has 0 aromatic heterocycles. The van der Waals surface area contributed by atoms with E-state index in [0.29, 0.717) is 24.2 Å². The first-order chi connectivity index (χ1) is 12.3. The van der Waals surface area contributed by atoms with Gasteiger partial charge in [-0.25, -0.2) is 0 Å². The van der Waals surface area contributed by atoms with E-state index in [1.54, 1.807) is 18.2 Å². The maximum atomic E-state index is 13.0. The molecule has 138 valence electrons. The molecule has 0 radical (unpaired) electrons. The zero-order valence-corrected chi connectivity index (χ0v) is 14.8. The number of hydrogen-bond donors (Lipinski definition) is 2. The van der Waals surface area contributed by atoms with Gasteiger partial charge in [-0.05, 0) is 32.0 Å². The number of imide groups is 2. The van der Waals surface area contributed by atoms with Crippen LogP contribution in [0.3, 0.4) is 0 Å². The Morgan fingerprint density at radius 2 is 2.00 bits per heavy atom. The Morgan fingerprint density at radius 1 is 1.27 bits per heavy atom. The molecule has 1 aromatic rings. The first-order valence-corrected chi connectivity index (χ1v) is 8.57. The van der Waals surface area contributed by atoms with Gasteiger partial charge in [-0.3, -0.25) is 29.4 Å². The van der Waals surface area contributed by atoms with E-state index in [2.05, 4.69) is 5.32 Å². The number of piperidine rings is 1. The number of carbonyl (C=O) groups is 4. The van der Waals surface area contributed by atoms with Crippen LogP contribution < -0.4 is 11.1 Å². The van der Waals surface area contributed by atoms with Crippen molar-refractivity contribution in [2.45, 2.75) is 38.4 Å². The van der Waals surface area contributed by atoms with Crippen molar-refractivity contribution in [2.24, 2.45) is 5.73 Å². The predicted molar refractivity (Wildman–Crippen MR) is 93.1 cm³/mol. The van der Waals surface area contributed by atoms with Crippen molar-refractivity contribution in [2.75, 3.05) is 13.6 Å². The lowest BCUT2D eigenvalue weighted by Gasteiger charge is -2.28. The molecular weight excluding hydrogens is 336 g/mol. The van der Waals surface area contributed by atoms with Gasteiger partial charge in [0.1, 0.15) is 6.04 Å². The van der Waals surface area contributed by atoms with E-state index in [4.69, 9.17) is 5.73 Å². The van der Waals surface area contributed by atoms with Gasteiger partial charge in [0.15, 0.2) is 0 Å². The Morgan fingerprint density at radius 3 is 2.65 bits per heavy atom. The van der Waals surface area contributed by atoms with Gasteiger partial charge in [-0.2, -0.15) is 0 Å². The maximum Gasteiger partial charge on any atom is 0.262 e. The Balaban J connectivity index is 1.89. The Bertz CT molecular complexity index is 789. The third-order valence-corrected chi connectivity index (χ3v) is 4.59. The molecule has 3 N–H and O–H groups in total. The molecule has 1 saturated heterocycles. The van der Waals surface area contributed by atoms with Crippen molar-refractivity contribution in [3.8, 4) is 0 Å². The quantitative estimate of drug-likeness (QED) is 0.709. The predicted octanol–water partition coefficient (Wildman–Crippen LogP) is -0.133. The van der Waals surface area contributed by atoms with Gasteiger partial charge in [0, 0.05) is 25.6 Å². The zero-order valence-electron chi connectivity index (χ0n) is 14.8. The molecule has 1 aromatic carbocycles. The van der Waals surface area contributed by atoms with E-state index in [9.17, 15) is 19.2 Å². The number of likely N-dealkylation sites (N-methyl/N-ethyl adjacent to an activating group) is 1. The van der Waals surface area contributed by atoms with Crippen LogP contribution in [0.2, 0.25) is 0 Å². The molecule has 1 fully saturated rings. The van der Waals surface area contributed by atoms with Crippen LogP contribution >= 0.6 is 0 Å². The maximum absolute atomic E-state index is 13.0. The van der Waals surface area contributed by atoms with Crippen LogP contribution in [0.15, 0.2) is 18.2 Å². The molecular formula is C18H22N4O4. The third kappa shape index (κ3) is 3.25. The van der Waals surface area contributed by atoms with E-state index in [0.717, 1.165) is 10.5 Å². The molecule has 2 aliphatic heterocycles. The summed E-state index contributed by atoms with van der Waals surface area (Å²) in [5.74, 6) is -1.96. The number of carbonyl (C=O) groups excluding carboxylic acids is 4. The summed E-state index contributed by atoms with van der Waals surface area (Å²) in [5.41, 5.74) is 7.16. The summed E-state index contributed by atoms with van der Waals surface area (Å²) in [5, 5.41) is 2.20. The highest BCUT2D eigenvalue weighted by Gasteiger charge is 2.45. The number of nitrogens with one attached hydrogen (secondary N) is 1. The molecule has 0 aliphatic carbocycles. The molecule has 0 bridgehead atoms. The minimum absolute atomic E-state index is 0.0194. The lowest BCUT2D eigenvalue weighted by Crippen LogP contribution is -2.54. The Kier molecular flexibility index (Phi) is 4.88. The van der Waals surface area contributed by atoms with Crippen molar-refractivity contribution in [3.05, 3.63) is 34.9 Å². The molecule has 2 heterocycles. The van der Waals surface area contributed by atoms with E-state index in [1.807, 2.05) is 18.9 Å². The highest BCUT2D eigenvalue weighted by molar-refractivity contribution is 6.24. The Hall–Kier alpha value is -2.58. The monoisotopic (exact) mass is 358 g/mol. The molecule has 4 amide bonds. The van der Waals surface area contributed by atoms with Crippen LogP contribution in [0.25, 0.3) is 0 Å². The standard InChI is InChI=1S/C18H22N4O4/c1-10(19)8-21(2)9-11-4-3-5-12-15(11)18(26)22(17(12)25)13-6-7-14(23)20-16(13)24/h3-5,10,13H,6-9,19H2,1-2H3,(H,20,23,24)/t10-,13?/m0/s1. The highest BCUT2D eigenvalue weighted by atomic mass is 16.2. The summed E-state index contributed by atoms with van der Waals surface area (Å²) >= 11 is 0. The summed E-state index contributed by atoms with van der Waals surface area (Å²) in [6.45, 7) is 3.00. The first-order valence-electron chi connectivity index (χ1n) is 8.57. The number of fused-ring (bicyclic) bond motifs is 1. The van der Waals surface area contributed by atoms with Crippen LogP contribution in [-0.2, 0) is 16.1 Å². The lowest BCUT2D eigenvalue weighted by molar-refractivity contribution is -0.136. The van der Waals surface area contributed by atoms with E-state index < -0.39 is 23.8 Å². The second kappa shape index (κ2) is 6.97. The number of hydrogen-bond acceptors (Lipinski definition) is 6. The summed E-state index contributed by atoms with van der Waals surface area (Å²) in [6, 6.07) is 4.16. The van der Waals surface area contributed by atoms with E-state index in [1.165, 1.54) is 0 Å². The van der Waals surface area contributed by atoms with Crippen molar-refractivity contribution >= 4 is 23.6 Å². The van der Waals surface area contributed by atoms with Gasteiger partial charge in [-0.1, -0.05) is 12.1 Å². The molecule has 2 aliphatic rings. The van der Waals surface area contributed by atoms with E-state index in [-0.39, 0.29) is 24.8 Å². The van der Waals surface area contributed by atoms with Gasteiger partial charge in [0.05, 0.1) is 11.1 Å². The molecule has 1 unspecified atom stereocenters. The fourth-order valence-corrected chi connectivity index (χ4v) is 3.56. The smallest absolute Gasteiger partial charge is 0.262 e. The number of benzene rings is 1. The van der Waals surface area contributed by atoms with Crippen LogP contribution in [0.5, 0.6) is 0 Å². The summed E-state index contributed by atoms with van der Waals surface area (Å²) in [7, 11) is 1.89. The molecule has 0 spiro atoms. The van der Waals surface area contributed by atoms with Gasteiger partial charge in [-0.15, -0.1) is 0 Å². The fourth-order valence-electron chi connectivity index (χ4n) is 3.56. The molecule has 8 nitrogen and oxygen atoms in total. The average molecular weight is 358 g/mol. The van der Waals surface area contributed by atoms with E-state index >= 15 is 0 Å². The number of nitrogens with two attached hydrogens (primary N) is 1. The average Bonchev–Trinajstić information content (AvgIpc) is 2.79. The van der Waals surface area contributed by atoms with Crippen molar-refractivity contribution in [1.82, 2.24) is 15.1 Å². The summed E-state index contributed by atoms with van der Waals surface area (Å²) in [4.78, 5) is 52.1. The van der Waals surface area contributed by atoms with Crippen LogP contribution in [0.1, 0.15) is 46.0 Å². The zero-order chi connectivity index (χ0) is 19.0. The lowest BCUT2D eigenvalue weighted by atomic mass is 10.0. The molecule has 26 heavy (non-hydrogen) atoms.